The molecule has 3 heteroatoms. The maximum absolute atomic E-state index is 11.8. The molecule has 1 heterocycles. The molecule has 19 heavy (non-hydrogen) atoms. The van der Waals surface area contributed by atoms with Crippen LogP contribution in [0.25, 0.3) is 0 Å². The van der Waals surface area contributed by atoms with Gasteiger partial charge in [-0.15, -0.1) is 0 Å². The summed E-state index contributed by atoms with van der Waals surface area (Å²) in [4.78, 5) is 16.2. The standard InChI is InChI=1S/C16H21NO2/c1-5-16(4)15(18)19-14(17-16)13-8-6-12(7-9-13)10-11(2)3/h6-9,11H,5,10H2,1-4H3. The van der Waals surface area contributed by atoms with Crippen LogP contribution in [0.2, 0.25) is 0 Å². The lowest BCUT2D eigenvalue weighted by molar-refractivity contribution is -0.138. The third-order valence-corrected chi connectivity index (χ3v) is 3.51. The Labute approximate surface area is 114 Å². The fourth-order valence-corrected chi connectivity index (χ4v) is 2.09. The van der Waals surface area contributed by atoms with Gasteiger partial charge in [0, 0.05) is 5.56 Å². The summed E-state index contributed by atoms with van der Waals surface area (Å²) in [6.07, 6.45) is 1.71. The van der Waals surface area contributed by atoms with Gasteiger partial charge in [0.05, 0.1) is 0 Å². The van der Waals surface area contributed by atoms with Gasteiger partial charge in [-0.2, -0.15) is 0 Å². The van der Waals surface area contributed by atoms with E-state index in [0.29, 0.717) is 18.2 Å². The number of hydrogen-bond donors (Lipinski definition) is 0. The van der Waals surface area contributed by atoms with Gasteiger partial charge < -0.3 is 4.74 Å². The molecule has 1 atom stereocenters. The first-order valence-electron chi connectivity index (χ1n) is 6.86. The number of esters is 1. The summed E-state index contributed by atoms with van der Waals surface area (Å²) >= 11 is 0. The number of carbonyl (C=O) groups excluding carboxylic acids is 1. The Morgan fingerprint density at radius 3 is 2.37 bits per heavy atom. The SMILES string of the molecule is CCC1(C)N=C(c2ccc(CC(C)C)cc2)OC1=O. The Kier molecular flexibility index (Phi) is 3.74. The number of carbonyl (C=O) groups is 1. The van der Waals surface area contributed by atoms with E-state index in [9.17, 15) is 4.79 Å². The quantitative estimate of drug-likeness (QED) is 0.778. The highest BCUT2D eigenvalue weighted by atomic mass is 16.6. The third-order valence-electron chi connectivity index (χ3n) is 3.51. The molecule has 0 saturated heterocycles. The van der Waals surface area contributed by atoms with Crippen LogP contribution in [-0.4, -0.2) is 17.4 Å². The van der Waals surface area contributed by atoms with Gasteiger partial charge in [-0.25, -0.2) is 9.79 Å². The van der Waals surface area contributed by atoms with Crippen LogP contribution in [0, 0.1) is 5.92 Å². The smallest absolute Gasteiger partial charge is 0.340 e. The zero-order valence-electron chi connectivity index (χ0n) is 12.1. The van der Waals surface area contributed by atoms with Gasteiger partial charge in [0.1, 0.15) is 0 Å². The van der Waals surface area contributed by atoms with Crippen LogP contribution < -0.4 is 0 Å². The average Bonchev–Trinajstić information content (AvgIpc) is 2.67. The lowest BCUT2D eigenvalue weighted by Crippen LogP contribution is -2.28. The van der Waals surface area contributed by atoms with E-state index in [1.54, 1.807) is 0 Å². The minimum atomic E-state index is -0.716. The van der Waals surface area contributed by atoms with Gasteiger partial charge in [0.15, 0.2) is 5.54 Å². The molecule has 0 aliphatic carbocycles. The Hall–Kier alpha value is -1.64. The summed E-state index contributed by atoms with van der Waals surface area (Å²) in [6, 6.07) is 8.11. The van der Waals surface area contributed by atoms with Crippen molar-refractivity contribution in [2.45, 2.75) is 46.1 Å². The predicted molar refractivity (Wildman–Crippen MR) is 76.3 cm³/mol. The number of cyclic esters (lactones) is 1. The minimum Gasteiger partial charge on any atom is -0.405 e. The Morgan fingerprint density at radius 2 is 1.89 bits per heavy atom. The molecule has 1 unspecified atom stereocenters. The molecular weight excluding hydrogens is 238 g/mol. The van der Waals surface area contributed by atoms with E-state index < -0.39 is 5.54 Å². The van der Waals surface area contributed by atoms with E-state index in [2.05, 4.69) is 31.0 Å². The first-order chi connectivity index (χ1) is 8.94. The second kappa shape index (κ2) is 5.16. The van der Waals surface area contributed by atoms with Gasteiger partial charge in [-0.05, 0) is 43.4 Å². The van der Waals surface area contributed by atoms with Crippen molar-refractivity contribution < 1.29 is 9.53 Å². The van der Waals surface area contributed by atoms with Crippen LogP contribution in [0.4, 0.5) is 0 Å². The number of aliphatic imine (C=N–C) groups is 1. The lowest BCUT2D eigenvalue weighted by atomic mass is 10.0. The molecule has 0 bridgehead atoms. The monoisotopic (exact) mass is 259 g/mol. The highest BCUT2D eigenvalue weighted by molar-refractivity contribution is 6.07. The van der Waals surface area contributed by atoms with Crippen molar-refractivity contribution in [2.24, 2.45) is 10.9 Å². The molecule has 2 rings (SSSR count). The minimum absolute atomic E-state index is 0.253. The number of rotatable bonds is 4. The number of ether oxygens (including phenoxy) is 1. The Balaban J connectivity index is 2.20. The predicted octanol–water partition coefficient (Wildman–Crippen LogP) is 3.36. The van der Waals surface area contributed by atoms with E-state index in [-0.39, 0.29) is 5.97 Å². The van der Waals surface area contributed by atoms with E-state index in [1.165, 1.54) is 5.56 Å². The topological polar surface area (TPSA) is 38.7 Å². The molecule has 102 valence electrons. The molecule has 1 aliphatic heterocycles. The molecule has 0 saturated carbocycles. The molecule has 0 amide bonds. The normalized spacial score (nSPS) is 22.6. The van der Waals surface area contributed by atoms with E-state index in [4.69, 9.17) is 4.74 Å². The first kappa shape index (κ1) is 13.8. The molecule has 0 radical (unpaired) electrons. The summed E-state index contributed by atoms with van der Waals surface area (Å²) in [5.41, 5.74) is 1.45. The van der Waals surface area contributed by atoms with E-state index in [1.807, 2.05) is 26.0 Å². The zero-order valence-corrected chi connectivity index (χ0v) is 12.1. The largest absolute Gasteiger partial charge is 0.405 e. The maximum Gasteiger partial charge on any atom is 0.340 e. The van der Waals surface area contributed by atoms with Gasteiger partial charge in [0.25, 0.3) is 0 Å². The highest BCUT2D eigenvalue weighted by Gasteiger charge is 2.40. The Bertz CT molecular complexity index is 502. The number of benzene rings is 1. The van der Waals surface area contributed by atoms with Crippen molar-refractivity contribution in [3.63, 3.8) is 0 Å². The second-order valence-electron chi connectivity index (χ2n) is 5.73. The van der Waals surface area contributed by atoms with Crippen LogP contribution in [0.1, 0.15) is 45.2 Å². The van der Waals surface area contributed by atoms with Crippen molar-refractivity contribution in [3.8, 4) is 0 Å². The summed E-state index contributed by atoms with van der Waals surface area (Å²) in [5, 5.41) is 0. The molecule has 0 N–H and O–H groups in total. The number of nitrogens with zero attached hydrogens (tertiary/aromatic N) is 1. The van der Waals surface area contributed by atoms with Crippen LogP contribution in [-0.2, 0) is 16.0 Å². The lowest BCUT2D eigenvalue weighted by Gasteiger charge is -2.11. The van der Waals surface area contributed by atoms with Crippen molar-refractivity contribution in [2.75, 3.05) is 0 Å². The fraction of sp³-hybridized carbons (Fsp3) is 0.500. The van der Waals surface area contributed by atoms with Crippen molar-refractivity contribution in [1.82, 2.24) is 0 Å². The van der Waals surface area contributed by atoms with Crippen LogP contribution in [0.15, 0.2) is 29.3 Å². The second-order valence-corrected chi connectivity index (χ2v) is 5.73. The van der Waals surface area contributed by atoms with Gasteiger partial charge in [-0.1, -0.05) is 32.9 Å². The van der Waals surface area contributed by atoms with Gasteiger partial charge in [-0.3, -0.25) is 0 Å². The molecule has 1 aliphatic rings. The Morgan fingerprint density at radius 1 is 1.26 bits per heavy atom. The molecular formula is C16H21NO2. The van der Waals surface area contributed by atoms with E-state index in [0.717, 1.165) is 12.0 Å². The zero-order chi connectivity index (χ0) is 14.0. The molecule has 0 aromatic heterocycles. The van der Waals surface area contributed by atoms with Crippen molar-refractivity contribution >= 4 is 11.9 Å². The molecule has 0 fully saturated rings. The van der Waals surface area contributed by atoms with E-state index >= 15 is 0 Å². The van der Waals surface area contributed by atoms with Crippen LogP contribution in [0.5, 0.6) is 0 Å². The first-order valence-corrected chi connectivity index (χ1v) is 6.86. The van der Waals surface area contributed by atoms with Gasteiger partial charge in [0.2, 0.25) is 5.90 Å². The van der Waals surface area contributed by atoms with Crippen LogP contribution in [0.3, 0.4) is 0 Å². The highest BCUT2D eigenvalue weighted by Crippen LogP contribution is 2.26. The summed E-state index contributed by atoms with van der Waals surface area (Å²) in [5.74, 6) is 0.831. The number of hydrogen-bond acceptors (Lipinski definition) is 3. The summed E-state index contributed by atoms with van der Waals surface area (Å²) in [7, 11) is 0. The molecule has 0 spiro atoms. The van der Waals surface area contributed by atoms with Crippen molar-refractivity contribution in [1.29, 1.82) is 0 Å². The van der Waals surface area contributed by atoms with Gasteiger partial charge >= 0.3 is 5.97 Å². The maximum atomic E-state index is 11.8. The van der Waals surface area contributed by atoms with Crippen molar-refractivity contribution in [3.05, 3.63) is 35.4 Å². The summed E-state index contributed by atoms with van der Waals surface area (Å²) in [6.45, 7) is 8.15. The summed E-state index contributed by atoms with van der Waals surface area (Å²) < 4.78 is 5.29. The molecule has 1 aromatic rings. The molecule has 1 aromatic carbocycles. The fourth-order valence-electron chi connectivity index (χ4n) is 2.09. The average molecular weight is 259 g/mol. The van der Waals surface area contributed by atoms with Crippen LogP contribution >= 0.6 is 0 Å². The molecule has 3 nitrogen and oxygen atoms in total. The third kappa shape index (κ3) is 2.86.